The van der Waals surface area contributed by atoms with E-state index in [9.17, 15) is 14.0 Å². The number of rotatable bonds is 5. The SMILES string of the molecule is CCNC(=O)Nc1nc2cc(-c3cccc(C)c3F)cc(C(=O)NCC)n2n1. The smallest absolute Gasteiger partial charge is 0.321 e. The van der Waals surface area contributed by atoms with Crippen LogP contribution in [-0.2, 0) is 0 Å². The van der Waals surface area contributed by atoms with Gasteiger partial charge in [-0.1, -0.05) is 18.2 Å². The molecule has 0 radical (unpaired) electrons. The topological polar surface area (TPSA) is 100 Å². The zero-order valence-electron chi connectivity index (χ0n) is 15.8. The molecule has 0 saturated heterocycles. The average molecular weight is 384 g/mol. The van der Waals surface area contributed by atoms with Crippen LogP contribution in [0.3, 0.4) is 0 Å². The average Bonchev–Trinajstić information content (AvgIpc) is 3.05. The summed E-state index contributed by atoms with van der Waals surface area (Å²) in [6, 6.07) is 7.78. The van der Waals surface area contributed by atoms with Gasteiger partial charge in [0.25, 0.3) is 11.9 Å². The van der Waals surface area contributed by atoms with Crippen LogP contribution < -0.4 is 16.0 Å². The fraction of sp³-hybridized carbons (Fsp3) is 0.263. The Labute approximate surface area is 161 Å². The predicted molar refractivity (Wildman–Crippen MR) is 104 cm³/mol. The number of benzene rings is 1. The molecular formula is C19H21FN6O2. The molecule has 0 atom stereocenters. The van der Waals surface area contributed by atoms with Crippen molar-refractivity contribution in [3.8, 4) is 11.1 Å². The first kappa shape index (κ1) is 19.3. The molecule has 2 aromatic heterocycles. The number of nitrogens with zero attached hydrogens (tertiary/aromatic N) is 3. The highest BCUT2D eigenvalue weighted by atomic mass is 19.1. The highest BCUT2D eigenvalue weighted by Gasteiger charge is 2.18. The Morgan fingerprint density at radius 1 is 1.14 bits per heavy atom. The summed E-state index contributed by atoms with van der Waals surface area (Å²) in [6.45, 7) is 6.12. The highest BCUT2D eigenvalue weighted by molar-refractivity contribution is 5.95. The minimum Gasteiger partial charge on any atom is -0.351 e. The molecule has 0 unspecified atom stereocenters. The number of hydrogen-bond acceptors (Lipinski definition) is 4. The van der Waals surface area contributed by atoms with Gasteiger partial charge in [0.05, 0.1) is 0 Å². The van der Waals surface area contributed by atoms with Crippen molar-refractivity contribution in [2.24, 2.45) is 0 Å². The molecule has 0 bridgehead atoms. The van der Waals surface area contributed by atoms with Gasteiger partial charge in [-0.25, -0.2) is 13.7 Å². The van der Waals surface area contributed by atoms with Gasteiger partial charge in [0.15, 0.2) is 5.65 Å². The summed E-state index contributed by atoms with van der Waals surface area (Å²) >= 11 is 0. The molecule has 8 nitrogen and oxygen atoms in total. The van der Waals surface area contributed by atoms with E-state index in [0.717, 1.165) is 0 Å². The number of pyridine rings is 1. The third-order valence-corrected chi connectivity index (χ3v) is 4.07. The first-order chi connectivity index (χ1) is 13.4. The normalized spacial score (nSPS) is 10.7. The van der Waals surface area contributed by atoms with Crippen molar-refractivity contribution in [3.05, 3.63) is 47.4 Å². The predicted octanol–water partition coefficient (Wildman–Crippen LogP) is 2.73. The van der Waals surface area contributed by atoms with Gasteiger partial charge in [-0.2, -0.15) is 4.98 Å². The van der Waals surface area contributed by atoms with E-state index in [1.54, 1.807) is 51.1 Å². The summed E-state index contributed by atoms with van der Waals surface area (Å²) in [5.74, 6) is -0.705. The Balaban J connectivity index is 2.15. The van der Waals surface area contributed by atoms with Gasteiger partial charge < -0.3 is 10.6 Å². The standard InChI is InChI=1S/C19H21FN6O2/c1-4-21-17(27)14-9-12(13-8-6-7-11(3)16(13)20)10-15-23-18(25-26(14)15)24-19(28)22-5-2/h6-10H,4-5H2,1-3H3,(H,21,27)(H2,22,24,25,28). The maximum Gasteiger partial charge on any atom is 0.321 e. The van der Waals surface area contributed by atoms with E-state index >= 15 is 0 Å². The van der Waals surface area contributed by atoms with Crippen LogP contribution in [0.15, 0.2) is 30.3 Å². The molecule has 3 aromatic rings. The number of fused-ring (bicyclic) bond motifs is 1. The van der Waals surface area contributed by atoms with Crippen LogP contribution in [0.1, 0.15) is 29.9 Å². The Morgan fingerprint density at radius 3 is 2.61 bits per heavy atom. The van der Waals surface area contributed by atoms with Crippen molar-refractivity contribution < 1.29 is 14.0 Å². The van der Waals surface area contributed by atoms with Gasteiger partial charge >= 0.3 is 6.03 Å². The first-order valence-corrected chi connectivity index (χ1v) is 8.94. The summed E-state index contributed by atoms with van der Waals surface area (Å²) in [4.78, 5) is 28.5. The number of halogens is 1. The third kappa shape index (κ3) is 3.78. The van der Waals surface area contributed by atoms with E-state index in [4.69, 9.17) is 0 Å². The summed E-state index contributed by atoms with van der Waals surface area (Å²) in [5.41, 5.74) is 1.84. The number of hydrogen-bond donors (Lipinski definition) is 3. The lowest BCUT2D eigenvalue weighted by molar-refractivity contribution is 0.0948. The van der Waals surface area contributed by atoms with E-state index in [0.29, 0.717) is 35.4 Å². The fourth-order valence-corrected chi connectivity index (χ4v) is 2.78. The van der Waals surface area contributed by atoms with E-state index in [2.05, 4.69) is 26.0 Å². The number of nitrogens with one attached hydrogen (secondary N) is 3. The zero-order chi connectivity index (χ0) is 20.3. The van der Waals surface area contributed by atoms with Gasteiger partial charge in [0, 0.05) is 18.7 Å². The number of amides is 3. The van der Waals surface area contributed by atoms with Crippen molar-refractivity contribution >= 4 is 23.5 Å². The van der Waals surface area contributed by atoms with Gasteiger partial charge in [0.1, 0.15) is 11.5 Å². The highest BCUT2D eigenvalue weighted by Crippen LogP contribution is 2.27. The van der Waals surface area contributed by atoms with Crippen molar-refractivity contribution in [3.63, 3.8) is 0 Å². The molecule has 0 aliphatic heterocycles. The lowest BCUT2D eigenvalue weighted by Gasteiger charge is -2.10. The molecule has 3 N–H and O–H groups in total. The number of urea groups is 1. The summed E-state index contributed by atoms with van der Waals surface area (Å²) in [5, 5.41) is 12.0. The Bertz CT molecular complexity index is 1050. The first-order valence-electron chi connectivity index (χ1n) is 8.94. The molecule has 0 spiro atoms. The van der Waals surface area contributed by atoms with E-state index in [1.165, 1.54) is 4.52 Å². The maximum absolute atomic E-state index is 14.6. The molecule has 1 aromatic carbocycles. The Morgan fingerprint density at radius 2 is 1.89 bits per heavy atom. The Kier molecular flexibility index (Phi) is 5.53. The summed E-state index contributed by atoms with van der Waals surface area (Å²) < 4.78 is 15.9. The van der Waals surface area contributed by atoms with Crippen molar-refractivity contribution in [1.82, 2.24) is 25.2 Å². The van der Waals surface area contributed by atoms with Gasteiger partial charge in [-0.05, 0) is 44.0 Å². The van der Waals surface area contributed by atoms with Crippen molar-refractivity contribution in [1.29, 1.82) is 0 Å². The van der Waals surface area contributed by atoms with Crippen LogP contribution in [0.5, 0.6) is 0 Å². The number of aryl methyl sites for hydroxylation is 1. The molecule has 0 aliphatic rings. The lowest BCUT2D eigenvalue weighted by atomic mass is 10.0. The number of anilines is 1. The van der Waals surface area contributed by atoms with Gasteiger partial charge in [-0.3, -0.25) is 10.1 Å². The molecular weight excluding hydrogens is 363 g/mol. The molecule has 0 saturated carbocycles. The second-order valence-corrected chi connectivity index (χ2v) is 6.12. The second kappa shape index (κ2) is 8.03. The molecule has 3 rings (SSSR count). The monoisotopic (exact) mass is 384 g/mol. The van der Waals surface area contributed by atoms with Crippen LogP contribution in [-0.4, -0.2) is 39.6 Å². The summed E-state index contributed by atoms with van der Waals surface area (Å²) in [6.07, 6.45) is 0. The molecule has 2 heterocycles. The van der Waals surface area contributed by atoms with E-state index < -0.39 is 6.03 Å². The van der Waals surface area contributed by atoms with Crippen LogP contribution in [0, 0.1) is 12.7 Å². The minimum absolute atomic E-state index is 0.0402. The van der Waals surface area contributed by atoms with Gasteiger partial charge in [0.2, 0.25) is 0 Å². The number of carbonyl (C=O) groups is 2. The van der Waals surface area contributed by atoms with Crippen LogP contribution >= 0.6 is 0 Å². The number of carbonyl (C=O) groups excluding carboxylic acids is 2. The van der Waals surface area contributed by atoms with E-state index in [1.807, 2.05) is 0 Å². The molecule has 9 heteroatoms. The maximum atomic E-state index is 14.6. The van der Waals surface area contributed by atoms with Gasteiger partial charge in [-0.15, -0.1) is 5.10 Å². The molecule has 28 heavy (non-hydrogen) atoms. The minimum atomic E-state index is -0.456. The lowest BCUT2D eigenvalue weighted by Crippen LogP contribution is -2.28. The zero-order valence-corrected chi connectivity index (χ0v) is 15.8. The van der Waals surface area contributed by atoms with Crippen LogP contribution in [0.25, 0.3) is 16.8 Å². The molecule has 0 aliphatic carbocycles. The van der Waals surface area contributed by atoms with E-state index in [-0.39, 0.29) is 23.4 Å². The van der Waals surface area contributed by atoms with Crippen molar-refractivity contribution in [2.75, 3.05) is 18.4 Å². The largest absolute Gasteiger partial charge is 0.351 e. The molecule has 146 valence electrons. The van der Waals surface area contributed by atoms with Crippen LogP contribution in [0.2, 0.25) is 0 Å². The van der Waals surface area contributed by atoms with Crippen molar-refractivity contribution in [2.45, 2.75) is 20.8 Å². The molecule has 3 amide bonds. The second-order valence-electron chi connectivity index (χ2n) is 6.12. The molecule has 0 fully saturated rings. The van der Waals surface area contributed by atoms with Crippen LogP contribution in [0.4, 0.5) is 15.1 Å². The number of aromatic nitrogens is 3. The fourth-order valence-electron chi connectivity index (χ4n) is 2.78. The third-order valence-electron chi connectivity index (χ3n) is 4.07. The Hall–Kier alpha value is -3.49. The quantitative estimate of drug-likeness (QED) is 0.630. The summed E-state index contributed by atoms with van der Waals surface area (Å²) in [7, 11) is 0.